The van der Waals surface area contributed by atoms with E-state index in [1.165, 1.54) is 0 Å². The molecule has 0 aromatic carbocycles. The average Bonchev–Trinajstić information content (AvgIpc) is 2.34. The highest BCUT2D eigenvalue weighted by molar-refractivity contribution is 5.82. The Morgan fingerprint density at radius 2 is 1.63 bits per heavy atom. The van der Waals surface area contributed by atoms with Crippen LogP contribution in [0.5, 0.6) is 0 Å². The van der Waals surface area contributed by atoms with Gasteiger partial charge in [-0.1, -0.05) is 34.1 Å². The Balaban J connectivity index is 5.06. The third kappa shape index (κ3) is 5.80. The van der Waals surface area contributed by atoms with Crippen LogP contribution in [0, 0.1) is 5.92 Å². The summed E-state index contributed by atoms with van der Waals surface area (Å²) < 4.78 is 37.8. The fraction of sp³-hybridized carbons (Fsp3) is 0.923. The summed E-state index contributed by atoms with van der Waals surface area (Å²) in [6.45, 7) is 5.98. The van der Waals surface area contributed by atoms with Crippen LogP contribution < -0.4 is 5.73 Å². The molecule has 1 unspecified atom stereocenters. The summed E-state index contributed by atoms with van der Waals surface area (Å²) in [6, 6.07) is -1.28. The van der Waals surface area contributed by atoms with Crippen molar-refractivity contribution in [2.45, 2.75) is 65.2 Å². The number of halogens is 3. The van der Waals surface area contributed by atoms with Crippen LogP contribution in [-0.4, -0.2) is 35.6 Å². The largest absolute Gasteiger partial charge is 0.406 e. The Morgan fingerprint density at radius 3 is 1.95 bits per heavy atom. The predicted octanol–water partition coefficient (Wildman–Crippen LogP) is 2.94. The van der Waals surface area contributed by atoms with Crippen LogP contribution >= 0.6 is 0 Å². The summed E-state index contributed by atoms with van der Waals surface area (Å²) in [6.07, 6.45) is -2.75. The fourth-order valence-corrected chi connectivity index (χ4v) is 2.00. The third-order valence-corrected chi connectivity index (χ3v) is 3.56. The maximum Gasteiger partial charge on any atom is 0.406 e. The monoisotopic (exact) mass is 282 g/mol. The zero-order chi connectivity index (χ0) is 15.2. The van der Waals surface area contributed by atoms with Crippen LogP contribution in [0.1, 0.15) is 47.0 Å². The molecule has 0 aliphatic rings. The van der Waals surface area contributed by atoms with Gasteiger partial charge < -0.3 is 10.6 Å². The Labute approximate surface area is 113 Å². The number of nitrogens with zero attached hydrogens (tertiary/aromatic N) is 1. The topological polar surface area (TPSA) is 46.3 Å². The molecule has 2 atom stereocenters. The summed E-state index contributed by atoms with van der Waals surface area (Å²) in [5.74, 6) is -0.724. The molecular weight excluding hydrogens is 257 g/mol. The molecule has 0 radical (unpaired) electrons. The number of rotatable bonds is 7. The van der Waals surface area contributed by atoms with Gasteiger partial charge >= 0.3 is 6.18 Å². The van der Waals surface area contributed by atoms with E-state index in [1.54, 1.807) is 20.8 Å². The highest BCUT2D eigenvalue weighted by Crippen LogP contribution is 2.22. The molecule has 0 spiro atoms. The first-order valence-electron chi connectivity index (χ1n) is 6.80. The van der Waals surface area contributed by atoms with Gasteiger partial charge in [0, 0.05) is 6.04 Å². The lowest BCUT2D eigenvalue weighted by Crippen LogP contribution is -2.53. The molecule has 6 heteroatoms. The molecule has 0 bridgehead atoms. The van der Waals surface area contributed by atoms with E-state index in [-0.39, 0.29) is 5.92 Å². The number of hydrogen-bond acceptors (Lipinski definition) is 2. The van der Waals surface area contributed by atoms with E-state index >= 15 is 0 Å². The maximum absolute atomic E-state index is 12.6. The summed E-state index contributed by atoms with van der Waals surface area (Å²) in [7, 11) is 0. The van der Waals surface area contributed by atoms with Crippen molar-refractivity contribution >= 4 is 5.91 Å². The lowest BCUT2D eigenvalue weighted by Gasteiger charge is -2.34. The molecule has 0 aliphatic heterocycles. The Bertz CT molecular complexity index is 278. The molecular formula is C13H25F3N2O. The van der Waals surface area contributed by atoms with Gasteiger partial charge in [0.2, 0.25) is 5.91 Å². The molecule has 1 amide bonds. The lowest BCUT2D eigenvalue weighted by molar-refractivity contribution is -0.167. The van der Waals surface area contributed by atoms with Crippen molar-refractivity contribution in [2.75, 3.05) is 6.54 Å². The Kier molecular flexibility index (Phi) is 7.41. The molecule has 0 heterocycles. The van der Waals surface area contributed by atoms with E-state index < -0.39 is 30.7 Å². The van der Waals surface area contributed by atoms with Gasteiger partial charge in [0.15, 0.2) is 0 Å². The molecule has 0 saturated carbocycles. The van der Waals surface area contributed by atoms with Crippen LogP contribution in [0.3, 0.4) is 0 Å². The third-order valence-electron chi connectivity index (χ3n) is 3.56. The van der Waals surface area contributed by atoms with E-state index in [1.807, 2.05) is 6.92 Å². The van der Waals surface area contributed by atoms with Crippen molar-refractivity contribution in [1.29, 1.82) is 0 Å². The van der Waals surface area contributed by atoms with Crippen molar-refractivity contribution in [3.05, 3.63) is 0 Å². The fourth-order valence-electron chi connectivity index (χ4n) is 2.00. The molecule has 3 nitrogen and oxygen atoms in total. The molecule has 19 heavy (non-hydrogen) atoms. The van der Waals surface area contributed by atoms with Crippen LogP contribution in [0.25, 0.3) is 0 Å². The van der Waals surface area contributed by atoms with Crippen LogP contribution in [0.2, 0.25) is 0 Å². The summed E-state index contributed by atoms with van der Waals surface area (Å²) >= 11 is 0. The smallest absolute Gasteiger partial charge is 0.329 e. The Morgan fingerprint density at radius 1 is 1.16 bits per heavy atom. The molecule has 0 saturated heterocycles. The minimum atomic E-state index is -4.40. The van der Waals surface area contributed by atoms with E-state index in [4.69, 9.17) is 5.73 Å². The normalized spacial score (nSPS) is 15.4. The quantitative estimate of drug-likeness (QED) is 0.780. The van der Waals surface area contributed by atoms with Gasteiger partial charge in [-0.3, -0.25) is 4.79 Å². The first-order chi connectivity index (χ1) is 8.67. The second-order valence-electron chi connectivity index (χ2n) is 4.96. The molecule has 0 aromatic rings. The molecule has 0 aromatic heterocycles. The van der Waals surface area contributed by atoms with Crippen molar-refractivity contribution < 1.29 is 18.0 Å². The molecule has 0 fully saturated rings. The number of alkyl halides is 3. The average molecular weight is 282 g/mol. The lowest BCUT2D eigenvalue weighted by atomic mass is 9.97. The number of nitrogens with two attached hydrogens (primary N) is 1. The molecule has 0 rings (SSSR count). The minimum Gasteiger partial charge on any atom is -0.329 e. The van der Waals surface area contributed by atoms with Crippen LogP contribution in [0.4, 0.5) is 13.2 Å². The summed E-state index contributed by atoms with van der Waals surface area (Å²) in [5.41, 5.74) is 5.78. The van der Waals surface area contributed by atoms with Crippen LogP contribution in [-0.2, 0) is 4.79 Å². The van der Waals surface area contributed by atoms with E-state index in [2.05, 4.69) is 0 Å². The zero-order valence-electron chi connectivity index (χ0n) is 12.1. The van der Waals surface area contributed by atoms with Crippen molar-refractivity contribution in [3.8, 4) is 0 Å². The highest BCUT2D eigenvalue weighted by atomic mass is 19.4. The van der Waals surface area contributed by atoms with Crippen molar-refractivity contribution in [2.24, 2.45) is 11.7 Å². The van der Waals surface area contributed by atoms with Gasteiger partial charge in [0.1, 0.15) is 6.54 Å². The number of amides is 1. The zero-order valence-corrected chi connectivity index (χ0v) is 12.1. The number of carbonyl (C=O) groups is 1. The number of hydrogen-bond donors (Lipinski definition) is 1. The predicted molar refractivity (Wildman–Crippen MR) is 69.6 cm³/mol. The summed E-state index contributed by atoms with van der Waals surface area (Å²) in [4.78, 5) is 13.1. The SMILES string of the molecule is CCC(C)[C@H](N)C(=O)N(CC(F)(F)F)C(CC)CC. The van der Waals surface area contributed by atoms with E-state index in [0.717, 1.165) is 4.90 Å². The van der Waals surface area contributed by atoms with Gasteiger partial charge in [0.25, 0.3) is 0 Å². The van der Waals surface area contributed by atoms with Crippen LogP contribution in [0.15, 0.2) is 0 Å². The van der Waals surface area contributed by atoms with Gasteiger partial charge in [0.05, 0.1) is 6.04 Å². The second kappa shape index (κ2) is 7.72. The van der Waals surface area contributed by atoms with Gasteiger partial charge in [-0.2, -0.15) is 13.2 Å². The number of carbonyl (C=O) groups excluding carboxylic acids is 1. The van der Waals surface area contributed by atoms with Gasteiger partial charge in [-0.25, -0.2) is 0 Å². The Hall–Kier alpha value is -0.780. The van der Waals surface area contributed by atoms with Crippen molar-refractivity contribution in [3.63, 3.8) is 0 Å². The molecule has 2 N–H and O–H groups in total. The highest BCUT2D eigenvalue weighted by Gasteiger charge is 2.37. The first kappa shape index (κ1) is 18.2. The molecule has 114 valence electrons. The standard InChI is InChI=1S/C13H25F3N2O/c1-5-9(4)11(17)12(19)18(8-13(14,15)16)10(6-2)7-3/h9-11H,5-8,17H2,1-4H3/t9?,11-/m0/s1. The van der Waals surface area contributed by atoms with E-state index in [0.29, 0.717) is 19.3 Å². The molecule has 0 aliphatic carbocycles. The minimum absolute atomic E-state index is 0.127. The van der Waals surface area contributed by atoms with Gasteiger partial charge in [-0.05, 0) is 18.8 Å². The first-order valence-corrected chi connectivity index (χ1v) is 6.80. The van der Waals surface area contributed by atoms with Gasteiger partial charge in [-0.15, -0.1) is 0 Å². The summed E-state index contributed by atoms with van der Waals surface area (Å²) in [5, 5.41) is 0. The van der Waals surface area contributed by atoms with Crippen molar-refractivity contribution in [1.82, 2.24) is 4.90 Å². The second-order valence-corrected chi connectivity index (χ2v) is 4.96. The van der Waals surface area contributed by atoms with E-state index in [9.17, 15) is 18.0 Å². The maximum atomic E-state index is 12.6.